The summed E-state index contributed by atoms with van der Waals surface area (Å²) in [4.78, 5) is 21.8. The van der Waals surface area contributed by atoms with Gasteiger partial charge in [-0.05, 0) is 64.3 Å². The van der Waals surface area contributed by atoms with Gasteiger partial charge in [-0.2, -0.15) is 0 Å². The zero-order chi connectivity index (χ0) is 32.1. The van der Waals surface area contributed by atoms with Crippen molar-refractivity contribution in [2.45, 2.75) is 85.5 Å². The van der Waals surface area contributed by atoms with E-state index in [0.717, 1.165) is 18.4 Å². The molecule has 3 N–H and O–H groups in total. The molecule has 2 aromatic heterocycles. The molecule has 0 bridgehead atoms. The fourth-order valence-electron chi connectivity index (χ4n) is 3.59. The largest absolute Gasteiger partial charge is 0.494 e. The lowest BCUT2D eigenvalue weighted by atomic mass is 9.98. The van der Waals surface area contributed by atoms with E-state index >= 15 is 0 Å². The number of thioether (sulfide) groups is 1. The molecule has 8 nitrogen and oxygen atoms in total. The van der Waals surface area contributed by atoms with Gasteiger partial charge in [0, 0.05) is 23.2 Å². The number of nitrogens with one attached hydrogen (secondary N) is 3. The number of alkyl halides is 2. The van der Waals surface area contributed by atoms with E-state index in [9.17, 15) is 13.6 Å². The van der Waals surface area contributed by atoms with Crippen molar-refractivity contribution in [3.63, 3.8) is 0 Å². The molecule has 2 fully saturated rings. The van der Waals surface area contributed by atoms with Crippen LogP contribution in [0.15, 0.2) is 41.9 Å². The molecule has 11 heteroatoms. The molecular weight excluding hydrogens is 572 g/mol. The van der Waals surface area contributed by atoms with Crippen LogP contribution in [0.2, 0.25) is 0 Å². The molecule has 43 heavy (non-hydrogen) atoms. The fourth-order valence-corrected chi connectivity index (χ4v) is 4.44. The van der Waals surface area contributed by atoms with Crippen LogP contribution in [0.1, 0.15) is 96.4 Å². The van der Waals surface area contributed by atoms with Gasteiger partial charge in [-0.25, -0.2) is 19.6 Å². The lowest BCUT2D eigenvalue weighted by Crippen LogP contribution is -2.43. The van der Waals surface area contributed by atoms with Gasteiger partial charge in [0.05, 0.1) is 24.6 Å². The monoisotopic (exact) mass is 615 g/mol. The lowest BCUT2D eigenvalue weighted by molar-refractivity contribution is 0.0945. The number of hydrazine groups is 1. The summed E-state index contributed by atoms with van der Waals surface area (Å²) in [5, 5.41) is 2.74. The third-order valence-corrected chi connectivity index (χ3v) is 7.14. The van der Waals surface area contributed by atoms with Crippen LogP contribution in [0.25, 0.3) is 16.9 Å². The smallest absolute Gasteiger partial charge is 0.280 e. The van der Waals surface area contributed by atoms with Gasteiger partial charge in [-0.3, -0.25) is 14.8 Å². The fraction of sp³-hybridized carbons (Fsp3) is 0.469. The predicted octanol–water partition coefficient (Wildman–Crippen LogP) is 7.43. The van der Waals surface area contributed by atoms with E-state index < -0.39 is 23.5 Å². The van der Waals surface area contributed by atoms with E-state index in [1.807, 2.05) is 48.5 Å². The van der Waals surface area contributed by atoms with Gasteiger partial charge < -0.3 is 14.8 Å². The number of carbonyl (C=O) groups is 1. The van der Waals surface area contributed by atoms with Crippen LogP contribution in [-0.2, 0) is 4.74 Å². The molecule has 1 saturated heterocycles. The second-order valence-electron chi connectivity index (χ2n) is 9.26. The number of halogens is 2. The number of methoxy groups -OCH3 is 1. The standard InChI is InChI=1S/C28H31F2N5O3S.2C2H6/c1-6-23(38-16(4)15(2)3)21-11-18(19-12-22(26(29)30)32-14-24(19)37-5)20(13-31-21)27(36)33-28-35-34-25(39-28)10-9-17-7-8-17;2*1-2/h6,11-14,17,25-26,28,34-35H,7-8H2,1-5H3,(H,33,36);2*1-2H3/b23-6-;;. The van der Waals surface area contributed by atoms with Crippen LogP contribution in [0.4, 0.5) is 8.78 Å². The molecule has 3 heterocycles. The number of pyridine rings is 2. The van der Waals surface area contributed by atoms with Gasteiger partial charge in [-0.15, -0.1) is 0 Å². The maximum Gasteiger partial charge on any atom is 0.280 e. The summed E-state index contributed by atoms with van der Waals surface area (Å²) < 4.78 is 38.6. The zero-order valence-electron chi connectivity index (χ0n) is 26.4. The average molecular weight is 616 g/mol. The van der Waals surface area contributed by atoms with Gasteiger partial charge in [-0.1, -0.05) is 51.3 Å². The molecule has 0 spiro atoms. The molecule has 4 rings (SSSR count). The van der Waals surface area contributed by atoms with E-state index in [4.69, 9.17) is 9.47 Å². The molecule has 0 aromatic carbocycles. The Morgan fingerprint density at radius 2 is 1.77 bits per heavy atom. The van der Waals surface area contributed by atoms with Gasteiger partial charge >= 0.3 is 0 Å². The van der Waals surface area contributed by atoms with Crippen molar-refractivity contribution in [3.8, 4) is 28.7 Å². The summed E-state index contributed by atoms with van der Waals surface area (Å²) in [6.07, 6.45) is 3.83. The van der Waals surface area contributed by atoms with Crippen molar-refractivity contribution in [2.24, 2.45) is 5.92 Å². The summed E-state index contributed by atoms with van der Waals surface area (Å²) in [6.45, 7) is 15.5. The van der Waals surface area contributed by atoms with Crippen LogP contribution >= 0.6 is 11.8 Å². The summed E-state index contributed by atoms with van der Waals surface area (Å²) in [5.41, 5.74) is 7.39. The molecule has 2 atom stereocenters. The van der Waals surface area contributed by atoms with Crippen molar-refractivity contribution in [2.75, 3.05) is 7.11 Å². The van der Waals surface area contributed by atoms with Crippen molar-refractivity contribution in [1.82, 2.24) is 26.1 Å². The zero-order valence-corrected chi connectivity index (χ0v) is 27.2. The van der Waals surface area contributed by atoms with Crippen molar-refractivity contribution in [3.05, 3.63) is 58.9 Å². The molecule has 0 radical (unpaired) electrons. The second-order valence-corrected chi connectivity index (χ2v) is 10.5. The van der Waals surface area contributed by atoms with Crippen LogP contribution < -0.4 is 20.9 Å². The Hall–Kier alpha value is -3.46. The maximum atomic E-state index is 13.6. The topological polar surface area (TPSA) is 97.4 Å². The Morgan fingerprint density at radius 1 is 1.07 bits per heavy atom. The number of aromatic nitrogens is 2. The number of rotatable bonds is 8. The number of amides is 1. The highest BCUT2D eigenvalue weighted by Gasteiger charge is 2.28. The number of hydrogen-bond acceptors (Lipinski definition) is 8. The predicted molar refractivity (Wildman–Crippen MR) is 170 cm³/mol. The first kappa shape index (κ1) is 35.7. The first-order valence-electron chi connectivity index (χ1n) is 14.5. The van der Waals surface area contributed by atoms with E-state index in [1.165, 1.54) is 37.3 Å². The average Bonchev–Trinajstić information content (AvgIpc) is 3.76. The molecule has 2 aliphatic rings. The number of allylic oxidation sites excluding steroid dienone is 3. The highest BCUT2D eigenvalue weighted by molar-refractivity contribution is 8.00. The first-order valence-corrected chi connectivity index (χ1v) is 15.4. The van der Waals surface area contributed by atoms with E-state index in [1.54, 1.807) is 19.1 Å². The number of carbonyl (C=O) groups excluding carboxylic acids is 1. The van der Waals surface area contributed by atoms with Gasteiger partial charge in [0.1, 0.15) is 33.8 Å². The summed E-state index contributed by atoms with van der Waals surface area (Å²) in [5.74, 6) is 7.78. The van der Waals surface area contributed by atoms with Crippen LogP contribution in [-0.4, -0.2) is 33.9 Å². The maximum absolute atomic E-state index is 13.6. The Balaban J connectivity index is 0.00000155. The Kier molecular flexibility index (Phi) is 14.6. The Labute approximate surface area is 258 Å². The molecule has 1 aliphatic heterocycles. The quantitative estimate of drug-likeness (QED) is 0.208. The summed E-state index contributed by atoms with van der Waals surface area (Å²) in [7, 11) is 1.41. The molecule has 234 valence electrons. The number of ether oxygens (including phenoxy) is 2. The number of nitrogens with zero attached hydrogens (tertiary/aromatic N) is 2. The van der Waals surface area contributed by atoms with Crippen LogP contribution in [0.5, 0.6) is 5.75 Å². The minimum Gasteiger partial charge on any atom is -0.494 e. The normalized spacial score (nSPS) is 17.3. The highest BCUT2D eigenvalue weighted by Crippen LogP contribution is 2.36. The van der Waals surface area contributed by atoms with Crippen molar-refractivity contribution < 1.29 is 23.0 Å². The minimum atomic E-state index is -2.80. The third-order valence-electron chi connectivity index (χ3n) is 6.13. The van der Waals surface area contributed by atoms with Gasteiger partial charge in [0.2, 0.25) is 0 Å². The molecule has 1 amide bonds. The molecule has 1 aliphatic carbocycles. The summed E-state index contributed by atoms with van der Waals surface area (Å²) >= 11 is 1.42. The van der Waals surface area contributed by atoms with E-state index in [-0.39, 0.29) is 22.3 Å². The van der Waals surface area contributed by atoms with Crippen molar-refractivity contribution in [1.29, 1.82) is 0 Å². The van der Waals surface area contributed by atoms with Crippen molar-refractivity contribution >= 4 is 23.4 Å². The SMILES string of the molecule is C/C=C(\OC(C)=C(C)C)c1cc(-c2cc(C(F)F)ncc2OC)c(C(=O)NC2NNC(C#CC3CC3)S2)cn1.CC.CC. The van der Waals surface area contributed by atoms with E-state index in [0.29, 0.717) is 28.7 Å². The lowest BCUT2D eigenvalue weighted by Gasteiger charge is -2.18. The molecule has 2 unspecified atom stereocenters. The molecule has 1 saturated carbocycles. The minimum absolute atomic E-state index is 0.169. The Morgan fingerprint density at radius 3 is 2.35 bits per heavy atom. The molecular formula is C32H43F2N5O3S. The van der Waals surface area contributed by atoms with Gasteiger partial charge in [0.25, 0.3) is 12.3 Å². The molecule has 2 aromatic rings. The van der Waals surface area contributed by atoms with E-state index in [2.05, 4.69) is 38.0 Å². The van der Waals surface area contributed by atoms with Crippen LogP contribution in [0.3, 0.4) is 0 Å². The number of hydrogen-bond donors (Lipinski definition) is 3. The third kappa shape index (κ3) is 10.1. The first-order chi connectivity index (χ1) is 20.7. The summed E-state index contributed by atoms with van der Waals surface area (Å²) in [6, 6.07) is 2.86. The van der Waals surface area contributed by atoms with Crippen LogP contribution in [0, 0.1) is 17.8 Å². The highest BCUT2D eigenvalue weighted by atomic mass is 32.2. The van der Waals surface area contributed by atoms with Gasteiger partial charge in [0.15, 0.2) is 0 Å². The second kappa shape index (κ2) is 17.6. The Bertz CT molecular complexity index is 1360.